The maximum absolute atomic E-state index is 11.6. The third-order valence-electron chi connectivity index (χ3n) is 2.15. The number of rotatable bonds is 3. The largest absolute Gasteiger partial charge is 0.496 e. The van der Waals surface area contributed by atoms with Crippen molar-refractivity contribution in [3.8, 4) is 5.75 Å². The minimum atomic E-state index is -0.507. The Kier molecular flexibility index (Phi) is 5.55. The van der Waals surface area contributed by atoms with Crippen LogP contribution in [0.15, 0.2) is 22.1 Å². The fourth-order valence-corrected chi connectivity index (χ4v) is 1.94. The number of benzene rings is 1. The summed E-state index contributed by atoms with van der Waals surface area (Å²) in [5.41, 5.74) is 16.7. The number of aliphatic imine (C=N–C) groups is 2. The Bertz CT molecular complexity index is 582. The van der Waals surface area contributed by atoms with Crippen LogP contribution >= 0.6 is 22.6 Å². The number of hydrogen-bond acceptors (Lipinski definition) is 4. The number of halogens is 1. The lowest BCUT2D eigenvalue weighted by atomic mass is 10.2. The first-order valence-electron chi connectivity index (χ1n) is 5.28. The highest BCUT2D eigenvalue weighted by Crippen LogP contribution is 2.31. The van der Waals surface area contributed by atoms with Crippen LogP contribution in [0.5, 0.6) is 5.75 Å². The zero-order valence-electron chi connectivity index (χ0n) is 10.9. The molecule has 0 saturated heterocycles. The Labute approximate surface area is 129 Å². The number of nitrogens with two attached hydrogens (primary N) is 3. The van der Waals surface area contributed by atoms with Crippen LogP contribution in [0.1, 0.15) is 10.4 Å². The molecular weight excluding hydrogens is 377 g/mol. The van der Waals surface area contributed by atoms with Crippen molar-refractivity contribution in [3.05, 3.63) is 21.3 Å². The fraction of sp³-hybridized carbons (Fsp3) is 0.182. The topological polar surface area (TPSA) is 138 Å². The number of methoxy groups -OCH3 is 2. The van der Waals surface area contributed by atoms with E-state index in [1.54, 1.807) is 12.1 Å². The van der Waals surface area contributed by atoms with E-state index in [1.165, 1.54) is 14.2 Å². The van der Waals surface area contributed by atoms with Crippen LogP contribution in [0.25, 0.3) is 0 Å². The summed E-state index contributed by atoms with van der Waals surface area (Å²) in [5, 5.41) is 0. The molecule has 0 atom stereocenters. The highest BCUT2D eigenvalue weighted by atomic mass is 127. The van der Waals surface area contributed by atoms with Crippen molar-refractivity contribution < 1.29 is 14.3 Å². The van der Waals surface area contributed by atoms with Gasteiger partial charge in [-0.15, -0.1) is 0 Å². The minimum absolute atomic E-state index is 0.101. The van der Waals surface area contributed by atoms with Crippen LogP contribution < -0.4 is 21.9 Å². The van der Waals surface area contributed by atoms with Gasteiger partial charge in [-0.25, -0.2) is 9.79 Å². The van der Waals surface area contributed by atoms with Gasteiger partial charge in [0.15, 0.2) is 5.96 Å². The van der Waals surface area contributed by atoms with Crippen molar-refractivity contribution in [3.63, 3.8) is 0 Å². The van der Waals surface area contributed by atoms with Gasteiger partial charge < -0.3 is 26.7 Å². The number of carbonyl (C=O) groups is 1. The van der Waals surface area contributed by atoms with Gasteiger partial charge in [-0.2, -0.15) is 4.99 Å². The SMILES string of the molecule is COC(=O)c1cc(I)c(N=C(N)N=C(N)N)cc1OC. The van der Waals surface area contributed by atoms with Gasteiger partial charge >= 0.3 is 5.97 Å². The van der Waals surface area contributed by atoms with E-state index in [0.29, 0.717) is 20.6 Å². The van der Waals surface area contributed by atoms with Crippen LogP contribution in [0, 0.1) is 3.57 Å². The monoisotopic (exact) mass is 391 g/mol. The molecule has 0 aromatic heterocycles. The van der Waals surface area contributed by atoms with E-state index in [2.05, 4.69) is 14.7 Å². The average Bonchev–Trinajstić information content (AvgIpc) is 2.38. The Morgan fingerprint density at radius 1 is 1.25 bits per heavy atom. The van der Waals surface area contributed by atoms with Gasteiger partial charge in [0.25, 0.3) is 0 Å². The molecule has 1 aromatic rings. The first-order valence-corrected chi connectivity index (χ1v) is 6.36. The lowest BCUT2D eigenvalue weighted by Crippen LogP contribution is -2.26. The van der Waals surface area contributed by atoms with Gasteiger partial charge in [-0.05, 0) is 28.7 Å². The molecular formula is C11H14IN5O3. The molecule has 0 unspecified atom stereocenters. The smallest absolute Gasteiger partial charge is 0.341 e. The maximum Gasteiger partial charge on any atom is 0.341 e. The van der Waals surface area contributed by atoms with E-state index < -0.39 is 5.97 Å². The zero-order chi connectivity index (χ0) is 15.3. The molecule has 0 amide bonds. The molecule has 1 rings (SSSR count). The molecule has 0 spiro atoms. The number of guanidine groups is 2. The number of nitrogens with zero attached hydrogens (tertiary/aromatic N) is 2. The van der Waals surface area contributed by atoms with E-state index >= 15 is 0 Å². The molecule has 6 N–H and O–H groups in total. The molecule has 8 nitrogen and oxygen atoms in total. The van der Waals surface area contributed by atoms with Crippen molar-refractivity contribution in [1.82, 2.24) is 0 Å². The summed E-state index contributed by atoms with van der Waals surface area (Å²) in [5.74, 6) is -0.490. The second kappa shape index (κ2) is 6.93. The molecule has 9 heteroatoms. The van der Waals surface area contributed by atoms with Crippen molar-refractivity contribution in [1.29, 1.82) is 0 Å². The van der Waals surface area contributed by atoms with E-state index in [9.17, 15) is 4.79 Å². The molecule has 0 aliphatic heterocycles. The standard InChI is InChI=1S/C11H14IN5O3/c1-19-8-4-7(16-11(15)17-10(13)14)6(12)3-5(8)9(18)20-2/h3-4H,1-2H3,(H6,13,14,15,16,17). The molecule has 1 aromatic carbocycles. The molecule has 0 aliphatic rings. The van der Waals surface area contributed by atoms with Crippen LogP contribution in [0.2, 0.25) is 0 Å². The summed E-state index contributed by atoms with van der Waals surface area (Å²) >= 11 is 2.00. The first-order chi connectivity index (χ1) is 9.38. The summed E-state index contributed by atoms with van der Waals surface area (Å²) in [4.78, 5) is 19.3. The summed E-state index contributed by atoms with van der Waals surface area (Å²) in [7, 11) is 2.72. The van der Waals surface area contributed by atoms with Gasteiger partial charge in [0.2, 0.25) is 5.96 Å². The van der Waals surface area contributed by atoms with Crippen LogP contribution in [-0.2, 0) is 4.74 Å². The second-order valence-electron chi connectivity index (χ2n) is 3.50. The maximum atomic E-state index is 11.6. The van der Waals surface area contributed by atoms with Crippen LogP contribution in [-0.4, -0.2) is 32.1 Å². The Morgan fingerprint density at radius 2 is 1.90 bits per heavy atom. The predicted molar refractivity (Wildman–Crippen MR) is 84.1 cm³/mol. The molecule has 0 heterocycles. The Hall–Kier alpha value is -2.04. The van der Waals surface area contributed by atoms with Crippen molar-refractivity contribution in [2.45, 2.75) is 0 Å². The summed E-state index contributed by atoms with van der Waals surface area (Å²) < 4.78 is 10.5. The van der Waals surface area contributed by atoms with Crippen LogP contribution in [0.4, 0.5) is 5.69 Å². The fourth-order valence-electron chi connectivity index (χ4n) is 1.35. The highest BCUT2D eigenvalue weighted by Gasteiger charge is 2.16. The van der Waals surface area contributed by atoms with E-state index in [4.69, 9.17) is 21.9 Å². The Morgan fingerprint density at radius 3 is 2.40 bits per heavy atom. The van der Waals surface area contributed by atoms with E-state index in [1.807, 2.05) is 22.6 Å². The van der Waals surface area contributed by atoms with Gasteiger partial charge in [-0.3, -0.25) is 0 Å². The highest BCUT2D eigenvalue weighted by molar-refractivity contribution is 14.1. The summed E-state index contributed by atoms with van der Waals surface area (Å²) in [6, 6.07) is 3.12. The van der Waals surface area contributed by atoms with Gasteiger partial charge in [0.05, 0.1) is 19.9 Å². The van der Waals surface area contributed by atoms with Gasteiger partial charge in [-0.1, -0.05) is 0 Å². The second-order valence-corrected chi connectivity index (χ2v) is 4.66. The van der Waals surface area contributed by atoms with Crippen molar-refractivity contribution in [2.75, 3.05) is 14.2 Å². The number of hydrogen-bond donors (Lipinski definition) is 3. The molecule has 20 heavy (non-hydrogen) atoms. The van der Waals surface area contributed by atoms with Crippen molar-refractivity contribution >= 4 is 46.2 Å². The molecule has 0 fully saturated rings. The van der Waals surface area contributed by atoms with E-state index in [-0.39, 0.29) is 11.9 Å². The molecule has 108 valence electrons. The van der Waals surface area contributed by atoms with Gasteiger partial charge in [0.1, 0.15) is 11.3 Å². The summed E-state index contributed by atoms with van der Waals surface area (Å²) in [6.07, 6.45) is 0. The third kappa shape index (κ3) is 3.98. The molecule has 0 radical (unpaired) electrons. The number of esters is 1. The lowest BCUT2D eigenvalue weighted by molar-refractivity contribution is 0.0597. The third-order valence-corrected chi connectivity index (χ3v) is 3.02. The van der Waals surface area contributed by atoms with Crippen LogP contribution in [0.3, 0.4) is 0 Å². The molecule has 0 saturated carbocycles. The summed E-state index contributed by atoms with van der Waals surface area (Å²) in [6.45, 7) is 0. The minimum Gasteiger partial charge on any atom is -0.496 e. The molecule has 0 aliphatic carbocycles. The Balaban J connectivity index is 3.31. The normalized spacial score (nSPS) is 10.8. The quantitative estimate of drug-likeness (QED) is 0.293. The average molecular weight is 391 g/mol. The zero-order valence-corrected chi connectivity index (χ0v) is 13.0. The number of ether oxygens (including phenoxy) is 2. The predicted octanol–water partition coefficient (Wildman–Crippen LogP) is 0.306. The van der Waals surface area contributed by atoms with Gasteiger partial charge in [0, 0.05) is 9.64 Å². The van der Waals surface area contributed by atoms with E-state index in [0.717, 1.165) is 0 Å². The molecule has 0 bridgehead atoms. The van der Waals surface area contributed by atoms with Crippen molar-refractivity contribution in [2.24, 2.45) is 27.2 Å². The first kappa shape index (κ1) is 16.0. The number of carbonyl (C=O) groups excluding carboxylic acids is 1. The lowest BCUT2D eigenvalue weighted by Gasteiger charge is -2.09.